The third kappa shape index (κ3) is 2.49. The van der Waals surface area contributed by atoms with Gasteiger partial charge in [-0.2, -0.15) is 0 Å². The fraction of sp³-hybridized carbons (Fsp3) is 0.300. The lowest BCUT2D eigenvalue weighted by Gasteiger charge is -2.01. The van der Waals surface area contributed by atoms with Crippen LogP contribution in [0.15, 0.2) is 23.2 Å². The van der Waals surface area contributed by atoms with Gasteiger partial charge in [0.25, 0.3) is 0 Å². The first kappa shape index (κ1) is 9.62. The number of isocyanates is 1. The van der Waals surface area contributed by atoms with Gasteiger partial charge in [0.05, 0.1) is 6.54 Å². The van der Waals surface area contributed by atoms with Crippen molar-refractivity contribution in [1.82, 2.24) is 0 Å². The maximum atomic E-state index is 13.0. The van der Waals surface area contributed by atoms with Crippen LogP contribution in [0.1, 0.15) is 18.1 Å². The molecule has 68 valence electrons. The van der Waals surface area contributed by atoms with Gasteiger partial charge in [0.2, 0.25) is 6.08 Å². The quantitative estimate of drug-likeness (QED) is 0.516. The summed E-state index contributed by atoms with van der Waals surface area (Å²) in [6.07, 6.45) is 2.23. The Bertz CT molecular complexity index is 343. The highest BCUT2D eigenvalue weighted by atomic mass is 19.1. The van der Waals surface area contributed by atoms with E-state index >= 15 is 0 Å². The third-order valence-corrected chi connectivity index (χ3v) is 1.83. The van der Waals surface area contributed by atoms with Crippen LogP contribution in [-0.2, 0) is 17.8 Å². The van der Waals surface area contributed by atoms with E-state index in [2.05, 4.69) is 4.99 Å². The van der Waals surface area contributed by atoms with Crippen molar-refractivity contribution in [3.05, 3.63) is 35.1 Å². The van der Waals surface area contributed by atoms with Gasteiger partial charge >= 0.3 is 0 Å². The molecule has 0 saturated heterocycles. The Morgan fingerprint density at radius 1 is 1.54 bits per heavy atom. The second-order valence-electron chi connectivity index (χ2n) is 2.69. The van der Waals surface area contributed by atoms with Crippen LogP contribution in [0, 0.1) is 5.82 Å². The van der Waals surface area contributed by atoms with Crippen LogP contribution in [0.2, 0.25) is 0 Å². The predicted molar refractivity (Wildman–Crippen MR) is 47.6 cm³/mol. The predicted octanol–water partition coefficient (Wildman–Crippen LogP) is 2.22. The molecule has 0 saturated carbocycles. The lowest BCUT2D eigenvalue weighted by Crippen LogP contribution is -1.91. The monoisotopic (exact) mass is 179 g/mol. The maximum absolute atomic E-state index is 13.0. The lowest BCUT2D eigenvalue weighted by atomic mass is 10.1. The normalized spacial score (nSPS) is 9.38. The Labute approximate surface area is 76.1 Å². The van der Waals surface area contributed by atoms with E-state index < -0.39 is 0 Å². The molecule has 1 aromatic carbocycles. The van der Waals surface area contributed by atoms with Gasteiger partial charge in [0.1, 0.15) is 5.82 Å². The highest BCUT2D eigenvalue weighted by Crippen LogP contribution is 2.11. The van der Waals surface area contributed by atoms with Gasteiger partial charge in [-0.1, -0.05) is 19.1 Å². The number of carbonyl (C=O) groups excluding carboxylic acids is 1. The number of benzene rings is 1. The number of aliphatic imine (C=N–C) groups is 1. The first-order valence-electron chi connectivity index (χ1n) is 4.09. The van der Waals surface area contributed by atoms with E-state index in [9.17, 15) is 9.18 Å². The summed E-state index contributed by atoms with van der Waals surface area (Å²) in [5.41, 5.74) is 1.49. The van der Waals surface area contributed by atoms with Crippen molar-refractivity contribution in [2.75, 3.05) is 0 Å². The van der Waals surface area contributed by atoms with E-state index in [-0.39, 0.29) is 12.4 Å². The van der Waals surface area contributed by atoms with Crippen LogP contribution in [0.4, 0.5) is 4.39 Å². The largest absolute Gasteiger partial charge is 0.235 e. The molecule has 0 aliphatic rings. The van der Waals surface area contributed by atoms with Crippen LogP contribution in [0.25, 0.3) is 0 Å². The molecule has 0 unspecified atom stereocenters. The highest BCUT2D eigenvalue weighted by Gasteiger charge is 2.01. The molecule has 0 bridgehead atoms. The van der Waals surface area contributed by atoms with Crippen molar-refractivity contribution < 1.29 is 9.18 Å². The maximum Gasteiger partial charge on any atom is 0.235 e. The van der Waals surface area contributed by atoms with Crippen LogP contribution in [0.5, 0.6) is 0 Å². The zero-order valence-corrected chi connectivity index (χ0v) is 7.38. The molecule has 0 heterocycles. The van der Waals surface area contributed by atoms with Crippen molar-refractivity contribution in [1.29, 1.82) is 0 Å². The Kier molecular flexibility index (Phi) is 3.35. The van der Waals surface area contributed by atoms with Gasteiger partial charge in [0, 0.05) is 5.56 Å². The molecule has 2 nitrogen and oxygen atoms in total. The second kappa shape index (κ2) is 4.53. The average Bonchev–Trinajstić information content (AvgIpc) is 2.17. The van der Waals surface area contributed by atoms with E-state index in [4.69, 9.17) is 0 Å². The van der Waals surface area contributed by atoms with Gasteiger partial charge in [0.15, 0.2) is 0 Å². The fourth-order valence-electron chi connectivity index (χ4n) is 1.09. The van der Waals surface area contributed by atoms with Crippen LogP contribution in [0.3, 0.4) is 0 Å². The van der Waals surface area contributed by atoms with E-state index in [0.717, 1.165) is 12.0 Å². The average molecular weight is 179 g/mol. The summed E-state index contributed by atoms with van der Waals surface area (Å²) >= 11 is 0. The third-order valence-electron chi connectivity index (χ3n) is 1.83. The van der Waals surface area contributed by atoms with Gasteiger partial charge in [-0.15, -0.1) is 0 Å². The molecular formula is C10H10FNO. The number of hydrogen-bond donors (Lipinski definition) is 0. The molecule has 0 aromatic heterocycles. The van der Waals surface area contributed by atoms with Crippen LogP contribution >= 0.6 is 0 Å². The van der Waals surface area contributed by atoms with Gasteiger partial charge < -0.3 is 0 Å². The molecule has 0 radical (unpaired) electrons. The Hall–Kier alpha value is -1.47. The molecule has 1 aromatic rings. The summed E-state index contributed by atoms with van der Waals surface area (Å²) in [6.45, 7) is 2.06. The minimum Gasteiger partial charge on any atom is -0.211 e. The fourth-order valence-corrected chi connectivity index (χ4v) is 1.09. The first-order chi connectivity index (χ1) is 6.27. The summed E-state index contributed by atoms with van der Waals surface area (Å²) < 4.78 is 13.0. The van der Waals surface area contributed by atoms with Crippen molar-refractivity contribution >= 4 is 6.08 Å². The summed E-state index contributed by atoms with van der Waals surface area (Å²) in [5.74, 6) is -0.323. The smallest absolute Gasteiger partial charge is 0.211 e. The minimum absolute atomic E-state index is 0.0726. The van der Waals surface area contributed by atoms with Gasteiger partial charge in [-0.05, 0) is 18.1 Å². The van der Waals surface area contributed by atoms with E-state index in [1.807, 2.05) is 6.92 Å². The molecular weight excluding hydrogens is 169 g/mol. The molecule has 0 atom stereocenters. The molecule has 1 rings (SSSR count). The Balaban J connectivity index is 2.96. The molecule has 13 heavy (non-hydrogen) atoms. The molecule has 0 spiro atoms. The number of hydrogen-bond acceptors (Lipinski definition) is 2. The van der Waals surface area contributed by atoms with Crippen molar-refractivity contribution in [2.45, 2.75) is 19.9 Å². The second-order valence-corrected chi connectivity index (χ2v) is 2.69. The molecule has 3 heteroatoms. The van der Waals surface area contributed by atoms with Gasteiger partial charge in [-0.3, -0.25) is 0 Å². The molecule has 0 amide bonds. The molecule has 0 aliphatic heterocycles. The molecule has 0 fully saturated rings. The SMILES string of the molecule is CCc1ccc(F)c(CN=C=O)c1. The van der Waals surface area contributed by atoms with E-state index in [1.165, 1.54) is 12.1 Å². The van der Waals surface area contributed by atoms with Crippen molar-refractivity contribution in [3.8, 4) is 0 Å². The number of halogens is 1. The lowest BCUT2D eigenvalue weighted by molar-refractivity contribution is 0.561. The van der Waals surface area contributed by atoms with E-state index in [0.29, 0.717) is 5.56 Å². The zero-order chi connectivity index (χ0) is 9.68. The van der Waals surface area contributed by atoms with Crippen molar-refractivity contribution in [3.63, 3.8) is 0 Å². The number of aryl methyl sites for hydroxylation is 1. The standard InChI is InChI=1S/C10H10FNO/c1-2-8-3-4-10(11)9(5-8)6-12-7-13/h3-5H,2,6H2,1H3. The number of nitrogens with zero attached hydrogens (tertiary/aromatic N) is 1. The summed E-state index contributed by atoms with van der Waals surface area (Å²) in [7, 11) is 0. The first-order valence-corrected chi connectivity index (χ1v) is 4.09. The van der Waals surface area contributed by atoms with Gasteiger partial charge in [-0.25, -0.2) is 14.2 Å². The summed E-state index contributed by atoms with van der Waals surface area (Å²) in [4.78, 5) is 13.2. The van der Waals surface area contributed by atoms with E-state index in [1.54, 1.807) is 12.1 Å². The van der Waals surface area contributed by atoms with Crippen LogP contribution in [-0.4, -0.2) is 6.08 Å². The minimum atomic E-state index is -0.323. The molecule has 0 N–H and O–H groups in total. The van der Waals surface area contributed by atoms with Crippen molar-refractivity contribution in [2.24, 2.45) is 4.99 Å². The topological polar surface area (TPSA) is 29.4 Å². The van der Waals surface area contributed by atoms with Crippen LogP contribution < -0.4 is 0 Å². The summed E-state index contributed by atoms with van der Waals surface area (Å²) in [6, 6.07) is 4.84. The Morgan fingerprint density at radius 3 is 2.92 bits per heavy atom. The Morgan fingerprint density at radius 2 is 2.31 bits per heavy atom. The number of rotatable bonds is 3. The summed E-state index contributed by atoms with van der Waals surface area (Å²) in [5, 5.41) is 0. The molecule has 0 aliphatic carbocycles. The zero-order valence-electron chi connectivity index (χ0n) is 7.38. The highest BCUT2D eigenvalue weighted by molar-refractivity contribution is 5.34.